The molecule has 0 saturated carbocycles. The van der Waals surface area contributed by atoms with Crippen LogP contribution in [0.5, 0.6) is 0 Å². The van der Waals surface area contributed by atoms with Crippen LogP contribution in [-0.4, -0.2) is 19.9 Å². The van der Waals surface area contributed by atoms with Crippen molar-refractivity contribution in [3.8, 4) is 44.8 Å². The van der Waals surface area contributed by atoms with Crippen LogP contribution in [0, 0.1) is 0 Å². The van der Waals surface area contributed by atoms with Gasteiger partial charge in [0.2, 0.25) is 0 Å². The molecule has 6 aromatic carbocycles. The first-order valence-corrected chi connectivity index (χ1v) is 18.0. The summed E-state index contributed by atoms with van der Waals surface area (Å²) < 4.78 is 0. The van der Waals surface area contributed by atoms with Crippen molar-refractivity contribution >= 4 is 43.6 Å². The molecule has 4 nitrogen and oxygen atoms in total. The van der Waals surface area contributed by atoms with Crippen LogP contribution in [0.3, 0.4) is 0 Å². The molecule has 4 heteroatoms. The van der Waals surface area contributed by atoms with Gasteiger partial charge in [-0.05, 0) is 105 Å². The van der Waals surface area contributed by atoms with E-state index in [4.69, 9.17) is 9.97 Å². The van der Waals surface area contributed by atoms with E-state index in [9.17, 15) is 0 Å². The summed E-state index contributed by atoms with van der Waals surface area (Å²) in [5, 5.41) is 4.35. The van der Waals surface area contributed by atoms with Crippen LogP contribution >= 0.6 is 0 Å². The third-order valence-electron chi connectivity index (χ3n) is 11.6. The minimum Gasteiger partial charge on any atom is -0.256 e. The molecule has 0 bridgehead atoms. The number of pyridine rings is 4. The lowest BCUT2D eigenvalue weighted by molar-refractivity contribution is 0.794. The quantitative estimate of drug-likeness (QED) is 0.172. The zero-order chi connectivity index (χ0) is 34.7. The molecule has 0 amide bonds. The summed E-state index contributed by atoms with van der Waals surface area (Å²) in [7, 11) is 0. The molecule has 0 saturated heterocycles. The maximum Gasteiger partial charge on any atom is 0.0803 e. The fourth-order valence-corrected chi connectivity index (χ4v) is 9.26. The van der Waals surface area contributed by atoms with Crippen LogP contribution in [0.15, 0.2) is 170 Å². The number of aromatic nitrogens is 4. The van der Waals surface area contributed by atoms with Gasteiger partial charge >= 0.3 is 0 Å². The molecule has 1 spiro atoms. The Kier molecular flexibility index (Phi) is 5.67. The van der Waals surface area contributed by atoms with Crippen LogP contribution in [0.4, 0.5) is 0 Å². The van der Waals surface area contributed by atoms with Crippen LogP contribution in [0.2, 0.25) is 0 Å². The monoisotopic (exact) mass is 672 g/mol. The van der Waals surface area contributed by atoms with Gasteiger partial charge in [0, 0.05) is 45.1 Å². The third kappa shape index (κ3) is 3.84. The van der Waals surface area contributed by atoms with Crippen molar-refractivity contribution in [3.05, 3.63) is 192 Å². The Morgan fingerprint density at radius 1 is 0.358 bits per heavy atom. The lowest BCUT2D eigenvalue weighted by atomic mass is 9.70. The normalized spacial score (nSPS) is 13.4. The summed E-state index contributed by atoms with van der Waals surface area (Å²) in [6, 6.07) is 57.1. The summed E-state index contributed by atoms with van der Waals surface area (Å²) in [5.41, 5.74) is 17.7. The van der Waals surface area contributed by atoms with E-state index < -0.39 is 5.41 Å². The van der Waals surface area contributed by atoms with E-state index in [0.29, 0.717) is 0 Å². The van der Waals surface area contributed by atoms with Gasteiger partial charge in [-0.3, -0.25) is 9.97 Å². The third-order valence-corrected chi connectivity index (χ3v) is 11.6. The summed E-state index contributed by atoms with van der Waals surface area (Å²) >= 11 is 0. The fourth-order valence-electron chi connectivity index (χ4n) is 9.26. The highest BCUT2D eigenvalue weighted by molar-refractivity contribution is 6.06. The van der Waals surface area contributed by atoms with Crippen molar-refractivity contribution in [2.75, 3.05) is 0 Å². The lowest BCUT2D eigenvalue weighted by Gasteiger charge is -2.31. The molecule has 2 aliphatic carbocycles. The van der Waals surface area contributed by atoms with Gasteiger partial charge in [0.25, 0.3) is 0 Å². The Morgan fingerprint density at radius 3 is 1.32 bits per heavy atom. The van der Waals surface area contributed by atoms with E-state index >= 15 is 0 Å². The fraction of sp³-hybridized carbons (Fsp3) is 0.0204. The Balaban J connectivity index is 1.11. The molecule has 0 atom stereocenters. The molecular weight excluding hydrogens is 645 g/mol. The Bertz CT molecular complexity index is 2980. The highest BCUT2D eigenvalue weighted by Gasteiger charge is 2.51. The van der Waals surface area contributed by atoms with E-state index in [-0.39, 0.29) is 0 Å². The molecule has 0 aliphatic heterocycles. The number of nitrogens with zero attached hydrogens (tertiary/aromatic N) is 4. The molecule has 244 valence electrons. The summed E-state index contributed by atoms with van der Waals surface area (Å²) in [6.45, 7) is 0. The first-order chi connectivity index (χ1) is 26.3. The van der Waals surface area contributed by atoms with Crippen molar-refractivity contribution < 1.29 is 0 Å². The second kappa shape index (κ2) is 10.5. The number of benzene rings is 6. The first kappa shape index (κ1) is 28.6. The van der Waals surface area contributed by atoms with Gasteiger partial charge in [0.15, 0.2) is 0 Å². The van der Waals surface area contributed by atoms with Gasteiger partial charge in [-0.1, -0.05) is 97.1 Å². The van der Waals surface area contributed by atoms with E-state index in [1.54, 1.807) is 0 Å². The zero-order valence-corrected chi connectivity index (χ0v) is 28.5. The van der Waals surface area contributed by atoms with E-state index in [0.717, 1.165) is 66.1 Å². The maximum atomic E-state index is 5.30. The molecule has 0 radical (unpaired) electrons. The minimum absolute atomic E-state index is 0.509. The Morgan fingerprint density at radius 2 is 0.811 bits per heavy atom. The smallest absolute Gasteiger partial charge is 0.0803 e. The van der Waals surface area contributed by atoms with Crippen molar-refractivity contribution in [2.24, 2.45) is 0 Å². The maximum absolute atomic E-state index is 5.30. The molecule has 0 fully saturated rings. The van der Waals surface area contributed by atoms with Gasteiger partial charge in [0.05, 0.1) is 38.9 Å². The number of fused-ring (bicyclic) bond motifs is 16. The van der Waals surface area contributed by atoms with Gasteiger partial charge < -0.3 is 0 Å². The van der Waals surface area contributed by atoms with E-state index in [1.807, 2.05) is 24.5 Å². The number of rotatable bonds is 2. The van der Waals surface area contributed by atoms with Crippen LogP contribution in [0.25, 0.3) is 88.4 Å². The molecule has 10 aromatic rings. The number of hydrogen-bond donors (Lipinski definition) is 0. The van der Waals surface area contributed by atoms with Crippen molar-refractivity contribution in [3.63, 3.8) is 0 Å². The SMILES string of the molecule is c1ccc2c(c1)-c1ccc(-c3ccc4ccc5ncccc5c4n3)cc1C21c2ccccc2-c2ccc(-c3ccc4ccc5ncccc5c4n3)cc21. The predicted molar refractivity (Wildman–Crippen MR) is 215 cm³/mol. The highest BCUT2D eigenvalue weighted by Crippen LogP contribution is 2.63. The van der Waals surface area contributed by atoms with E-state index in [1.165, 1.54) is 44.5 Å². The molecule has 4 heterocycles. The summed E-state index contributed by atoms with van der Waals surface area (Å²) in [5.74, 6) is 0. The van der Waals surface area contributed by atoms with Crippen LogP contribution < -0.4 is 0 Å². The Labute approximate surface area is 305 Å². The second-order valence-corrected chi connectivity index (χ2v) is 14.2. The molecular formula is C49H28N4. The van der Waals surface area contributed by atoms with Crippen molar-refractivity contribution in [2.45, 2.75) is 5.41 Å². The van der Waals surface area contributed by atoms with Crippen LogP contribution in [-0.2, 0) is 5.41 Å². The predicted octanol–water partition coefficient (Wildman–Crippen LogP) is 11.6. The highest BCUT2D eigenvalue weighted by atomic mass is 14.7. The standard InChI is InChI=1S/C49H28N4/c1-3-11-39-33(7-1)35-19-13-31(43-21-15-29-17-23-45-37(47(29)52-43)9-5-25-50-45)27-41(35)49(39)40-12-4-2-8-34(40)36-20-14-32(28-42(36)49)44-22-16-30-18-24-46-38(48(30)53-44)10-6-26-51-46/h1-28H. The zero-order valence-electron chi connectivity index (χ0n) is 28.5. The van der Waals surface area contributed by atoms with Gasteiger partial charge in [-0.2, -0.15) is 0 Å². The molecule has 53 heavy (non-hydrogen) atoms. The second-order valence-electron chi connectivity index (χ2n) is 14.2. The molecule has 4 aromatic heterocycles. The molecule has 0 unspecified atom stereocenters. The molecule has 0 N–H and O–H groups in total. The summed E-state index contributed by atoms with van der Waals surface area (Å²) in [6.07, 6.45) is 3.68. The topological polar surface area (TPSA) is 51.6 Å². The minimum atomic E-state index is -0.509. The van der Waals surface area contributed by atoms with Crippen molar-refractivity contribution in [1.29, 1.82) is 0 Å². The average Bonchev–Trinajstić information content (AvgIpc) is 3.70. The van der Waals surface area contributed by atoms with Gasteiger partial charge in [-0.15, -0.1) is 0 Å². The van der Waals surface area contributed by atoms with Crippen molar-refractivity contribution in [1.82, 2.24) is 19.9 Å². The van der Waals surface area contributed by atoms with Gasteiger partial charge in [0.1, 0.15) is 0 Å². The Hall–Kier alpha value is -7.04. The first-order valence-electron chi connectivity index (χ1n) is 18.0. The molecule has 2 aliphatic rings. The van der Waals surface area contributed by atoms with E-state index in [2.05, 4.69) is 156 Å². The molecule has 12 rings (SSSR count). The number of hydrogen-bond acceptors (Lipinski definition) is 4. The lowest BCUT2D eigenvalue weighted by Crippen LogP contribution is -2.26. The average molecular weight is 673 g/mol. The summed E-state index contributed by atoms with van der Waals surface area (Å²) in [4.78, 5) is 19.8. The van der Waals surface area contributed by atoms with Gasteiger partial charge in [-0.25, -0.2) is 9.97 Å². The largest absolute Gasteiger partial charge is 0.256 e. The van der Waals surface area contributed by atoms with Crippen LogP contribution in [0.1, 0.15) is 22.3 Å².